The van der Waals surface area contributed by atoms with Crippen LogP contribution in [0, 0.1) is 0 Å². The topological polar surface area (TPSA) is 66.8 Å². The van der Waals surface area contributed by atoms with Crippen molar-refractivity contribution in [2.75, 3.05) is 39.2 Å². The number of sulfonamides is 1. The number of ether oxygens (including phenoxy) is 1. The van der Waals surface area contributed by atoms with E-state index in [1.165, 1.54) is 17.5 Å². The van der Waals surface area contributed by atoms with Gasteiger partial charge in [0, 0.05) is 26.8 Å². The van der Waals surface area contributed by atoms with E-state index in [0.29, 0.717) is 13.2 Å². The molecule has 0 heterocycles. The van der Waals surface area contributed by atoms with Gasteiger partial charge >= 0.3 is 0 Å². The van der Waals surface area contributed by atoms with Gasteiger partial charge in [-0.15, -0.1) is 6.58 Å². The summed E-state index contributed by atoms with van der Waals surface area (Å²) in [7, 11) is -1.78. The monoisotopic (exact) mass is 237 g/mol. The van der Waals surface area contributed by atoms with E-state index in [-0.39, 0.29) is 25.3 Å². The molecule has 0 saturated carbocycles. The molecule has 0 aliphatic heterocycles. The van der Waals surface area contributed by atoms with Gasteiger partial charge in [-0.1, -0.05) is 6.08 Å². The van der Waals surface area contributed by atoms with Crippen molar-refractivity contribution in [3.63, 3.8) is 0 Å². The molecule has 0 saturated heterocycles. The van der Waals surface area contributed by atoms with Gasteiger partial charge in [0.1, 0.15) is 0 Å². The van der Waals surface area contributed by atoms with Crippen LogP contribution in [0.25, 0.3) is 0 Å². The lowest BCUT2D eigenvalue weighted by atomic mass is 10.5. The number of rotatable bonds is 9. The van der Waals surface area contributed by atoms with E-state index >= 15 is 0 Å². The molecule has 0 fully saturated rings. The van der Waals surface area contributed by atoms with Crippen LogP contribution in [0.15, 0.2) is 12.7 Å². The van der Waals surface area contributed by atoms with Crippen LogP contribution in [0.5, 0.6) is 0 Å². The van der Waals surface area contributed by atoms with E-state index in [1.54, 1.807) is 0 Å². The van der Waals surface area contributed by atoms with Gasteiger partial charge in [-0.2, -0.15) is 4.31 Å². The molecule has 0 unspecified atom stereocenters. The maximum absolute atomic E-state index is 11.7. The molecule has 0 radical (unpaired) electrons. The van der Waals surface area contributed by atoms with Crippen LogP contribution in [-0.4, -0.2) is 57.0 Å². The van der Waals surface area contributed by atoms with Crippen molar-refractivity contribution in [2.24, 2.45) is 0 Å². The van der Waals surface area contributed by atoms with Gasteiger partial charge in [-0.25, -0.2) is 8.42 Å². The second-order valence-electron chi connectivity index (χ2n) is 3.03. The van der Waals surface area contributed by atoms with Crippen LogP contribution in [-0.2, 0) is 14.8 Å². The van der Waals surface area contributed by atoms with Gasteiger partial charge in [-0.05, 0) is 6.42 Å². The maximum atomic E-state index is 11.7. The molecule has 0 aromatic carbocycles. The van der Waals surface area contributed by atoms with E-state index in [2.05, 4.69) is 6.58 Å². The molecule has 90 valence electrons. The van der Waals surface area contributed by atoms with E-state index in [4.69, 9.17) is 9.84 Å². The third kappa shape index (κ3) is 5.88. The van der Waals surface area contributed by atoms with Crippen LogP contribution < -0.4 is 0 Å². The summed E-state index contributed by atoms with van der Waals surface area (Å²) < 4.78 is 29.5. The third-order valence-corrected chi connectivity index (χ3v) is 3.75. The summed E-state index contributed by atoms with van der Waals surface area (Å²) in [5, 5.41) is 8.59. The van der Waals surface area contributed by atoms with Gasteiger partial charge in [0.15, 0.2) is 0 Å². The predicted molar refractivity (Wildman–Crippen MR) is 59.1 cm³/mol. The Kier molecular flexibility index (Phi) is 7.59. The van der Waals surface area contributed by atoms with Crippen molar-refractivity contribution in [2.45, 2.75) is 6.42 Å². The minimum atomic E-state index is -3.30. The Morgan fingerprint density at radius 2 is 2.20 bits per heavy atom. The third-order valence-electron chi connectivity index (χ3n) is 1.83. The number of methoxy groups -OCH3 is 1. The zero-order valence-electron chi connectivity index (χ0n) is 9.05. The number of aliphatic hydroxyl groups excluding tert-OH is 1. The average Bonchev–Trinajstić information content (AvgIpc) is 2.21. The van der Waals surface area contributed by atoms with Crippen molar-refractivity contribution in [1.82, 2.24) is 4.31 Å². The highest BCUT2D eigenvalue weighted by atomic mass is 32.2. The molecule has 6 heteroatoms. The fourth-order valence-corrected chi connectivity index (χ4v) is 2.49. The summed E-state index contributed by atoms with van der Waals surface area (Å²) in [4.78, 5) is 0. The molecule has 0 atom stereocenters. The van der Waals surface area contributed by atoms with Crippen LogP contribution in [0.2, 0.25) is 0 Å². The second-order valence-corrected chi connectivity index (χ2v) is 5.12. The maximum Gasteiger partial charge on any atom is 0.214 e. The molecular weight excluding hydrogens is 218 g/mol. The number of hydrogen-bond acceptors (Lipinski definition) is 4. The quantitative estimate of drug-likeness (QED) is 0.566. The van der Waals surface area contributed by atoms with Gasteiger partial charge in [0.25, 0.3) is 0 Å². The first kappa shape index (κ1) is 14.6. The van der Waals surface area contributed by atoms with Gasteiger partial charge in [0.2, 0.25) is 10.0 Å². The lowest BCUT2D eigenvalue weighted by Gasteiger charge is -2.19. The zero-order chi connectivity index (χ0) is 11.7. The Morgan fingerprint density at radius 1 is 1.53 bits per heavy atom. The standard InChI is InChI=1S/C9H19NO4S/c1-3-5-10(6-8-14-2)15(12,13)9-4-7-11/h3,11H,1,4-9H2,2H3. The van der Waals surface area contributed by atoms with Crippen LogP contribution in [0.3, 0.4) is 0 Å². The normalized spacial score (nSPS) is 11.9. The molecule has 0 aromatic heterocycles. The van der Waals surface area contributed by atoms with Crippen molar-refractivity contribution in [3.8, 4) is 0 Å². The van der Waals surface area contributed by atoms with Gasteiger partial charge in [0.05, 0.1) is 12.4 Å². The number of nitrogens with zero attached hydrogens (tertiary/aromatic N) is 1. The lowest BCUT2D eigenvalue weighted by Crippen LogP contribution is -2.36. The van der Waals surface area contributed by atoms with Crippen LogP contribution >= 0.6 is 0 Å². The fourth-order valence-electron chi connectivity index (χ4n) is 1.06. The van der Waals surface area contributed by atoms with E-state index < -0.39 is 10.0 Å². The summed E-state index contributed by atoms with van der Waals surface area (Å²) in [6.07, 6.45) is 1.79. The van der Waals surface area contributed by atoms with Crippen LogP contribution in [0.4, 0.5) is 0 Å². The summed E-state index contributed by atoms with van der Waals surface area (Å²) >= 11 is 0. The van der Waals surface area contributed by atoms with E-state index in [9.17, 15) is 8.42 Å². The average molecular weight is 237 g/mol. The first-order valence-electron chi connectivity index (χ1n) is 4.77. The van der Waals surface area contributed by atoms with Gasteiger partial charge in [-0.3, -0.25) is 0 Å². The van der Waals surface area contributed by atoms with Crippen molar-refractivity contribution >= 4 is 10.0 Å². The molecule has 15 heavy (non-hydrogen) atoms. The Labute approximate surface area is 91.4 Å². The minimum absolute atomic E-state index is 0.0406. The van der Waals surface area contributed by atoms with Crippen molar-refractivity contribution in [3.05, 3.63) is 12.7 Å². The molecule has 5 nitrogen and oxygen atoms in total. The molecule has 0 aliphatic carbocycles. The molecule has 0 aliphatic rings. The molecule has 0 aromatic rings. The Hall–Kier alpha value is -0.430. The first-order chi connectivity index (χ1) is 7.08. The minimum Gasteiger partial charge on any atom is -0.396 e. The summed E-state index contributed by atoms with van der Waals surface area (Å²) in [5.41, 5.74) is 0. The van der Waals surface area contributed by atoms with E-state index in [0.717, 1.165) is 0 Å². The molecular formula is C9H19NO4S. The lowest BCUT2D eigenvalue weighted by molar-refractivity contribution is 0.182. The van der Waals surface area contributed by atoms with E-state index in [1.807, 2.05) is 0 Å². The van der Waals surface area contributed by atoms with Crippen molar-refractivity contribution in [1.29, 1.82) is 0 Å². The Balaban J connectivity index is 4.36. The highest BCUT2D eigenvalue weighted by molar-refractivity contribution is 7.89. The summed E-state index contributed by atoms with van der Waals surface area (Å²) in [5.74, 6) is -0.0406. The SMILES string of the molecule is C=CCN(CCOC)S(=O)(=O)CCCO. The molecule has 0 bridgehead atoms. The molecule has 0 spiro atoms. The molecule has 0 rings (SSSR count). The Bertz CT molecular complexity index is 263. The summed E-state index contributed by atoms with van der Waals surface area (Å²) in [6.45, 7) is 4.33. The largest absolute Gasteiger partial charge is 0.396 e. The first-order valence-corrected chi connectivity index (χ1v) is 6.38. The summed E-state index contributed by atoms with van der Waals surface area (Å²) in [6, 6.07) is 0. The Morgan fingerprint density at radius 3 is 2.67 bits per heavy atom. The zero-order valence-corrected chi connectivity index (χ0v) is 9.87. The molecule has 1 N–H and O–H groups in total. The fraction of sp³-hybridized carbons (Fsp3) is 0.778. The smallest absolute Gasteiger partial charge is 0.214 e. The molecule has 0 amide bonds. The number of aliphatic hydroxyl groups is 1. The highest BCUT2D eigenvalue weighted by Crippen LogP contribution is 2.03. The van der Waals surface area contributed by atoms with Gasteiger partial charge < -0.3 is 9.84 Å². The second kappa shape index (κ2) is 7.81. The van der Waals surface area contributed by atoms with Crippen molar-refractivity contribution < 1.29 is 18.3 Å². The predicted octanol–water partition coefficient (Wildman–Crippen LogP) is -0.167. The number of hydrogen-bond donors (Lipinski definition) is 1. The van der Waals surface area contributed by atoms with Crippen LogP contribution in [0.1, 0.15) is 6.42 Å². The highest BCUT2D eigenvalue weighted by Gasteiger charge is 2.19.